The Morgan fingerprint density at radius 1 is 1.42 bits per heavy atom. The van der Waals surface area contributed by atoms with Crippen LogP contribution in [-0.4, -0.2) is 17.1 Å². The van der Waals surface area contributed by atoms with Gasteiger partial charge in [0.25, 0.3) is 0 Å². The van der Waals surface area contributed by atoms with E-state index in [1.165, 1.54) is 22.2 Å². The van der Waals surface area contributed by atoms with Crippen molar-refractivity contribution < 1.29 is 9.53 Å². The fourth-order valence-corrected chi connectivity index (χ4v) is 2.96. The SMILES string of the molecule is CCOC(=O)C1CCc2cc3cc(C)ccc3n2C1. The zero-order chi connectivity index (χ0) is 13.4. The molecular weight excluding hydrogens is 238 g/mol. The number of carbonyl (C=O) groups is 1. The van der Waals surface area contributed by atoms with Gasteiger partial charge in [0.05, 0.1) is 12.5 Å². The number of nitrogens with zero attached hydrogens (tertiary/aromatic N) is 1. The van der Waals surface area contributed by atoms with Gasteiger partial charge in [0.2, 0.25) is 0 Å². The summed E-state index contributed by atoms with van der Waals surface area (Å²) in [6.07, 6.45) is 1.85. The largest absolute Gasteiger partial charge is 0.466 e. The average Bonchev–Trinajstić information content (AvgIpc) is 2.75. The molecule has 0 N–H and O–H groups in total. The monoisotopic (exact) mass is 257 g/mol. The van der Waals surface area contributed by atoms with Gasteiger partial charge < -0.3 is 9.30 Å². The molecule has 0 amide bonds. The van der Waals surface area contributed by atoms with Gasteiger partial charge in [-0.2, -0.15) is 0 Å². The van der Waals surface area contributed by atoms with Crippen molar-refractivity contribution in [2.24, 2.45) is 5.92 Å². The molecule has 1 unspecified atom stereocenters. The minimum atomic E-state index is -0.0536. The highest BCUT2D eigenvalue weighted by atomic mass is 16.5. The van der Waals surface area contributed by atoms with Crippen molar-refractivity contribution >= 4 is 16.9 Å². The van der Waals surface area contributed by atoms with Gasteiger partial charge in [-0.05, 0) is 44.9 Å². The van der Waals surface area contributed by atoms with Crippen LogP contribution < -0.4 is 0 Å². The van der Waals surface area contributed by atoms with Gasteiger partial charge >= 0.3 is 5.97 Å². The van der Waals surface area contributed by atoms with E-state index in [-0.39, 0.29) is 11.9 Å². The molecule has 2 heterocycles. The third-order valence-corrected chi connectivity index (χ3v) is 3.91. The Morgan fingerprint density at radius 3 is 3.05 bits per heavy atom. The van der Waals surface area contributed by atoms with Crippen LogP contribution in [0.25, 0.3) is 10.9 Å². The van der Waals surface area contributed by atoms with E-state index in [1.54, 1.807) is 0 Å². The topological polar surface area (TPSA) is 31.2 Å². The van der Waals surface area contributed by atoms with Crippen molar-refractivity contribution in [1.29, 1.82) is 0 Å². The third-order valence-electron chi connectivity index (χ3n) is 3.91. The summed E-state index contributed by atoms with van der Waals surface area (Å²) in [7, 11) is 0. The number of rotatable bonds is 2. The predicted octanol–water partition coefficient (Wildman–Crippen LogP) is 3.08. The van der Waals surface area contributed by atoms with Gasteiger partial charge in [-0.3, -0.25) is 4.79 Å². The van der Waals surface area contributed by atoms with Crippen LogP contribution >= 0.6 is 0 Å². The number of aryl methyl sites for hydroxylation is 2. The summed E-state index contributed by atoms with van der Waals surface area (Å²) in [6.45, 7) is 5.19. The summed E-state index contributed by atoms with van der Waals surface area (Å²) in [5.41, 5.74) is 3.84. The average molecular weight is 257 g/mol. The van der Waals surface area contributed by atoms with Gasteiger partial charge in [-0.1, -0.05) is 11.6 Å². The lowest BCUT2D eigenvalue weighted by Crippen LogP contribution is -2.28. The van der Waals surface area contributed by atoms with Crippen LogP contribution in [-0.2, 0) is 22.5 Å². The molecule has 0 aliphatic carbocycles. The lowest BCUT2D eigenvalue weighted by molar-refractivity contribution is -0.149. The molecule has 3 nitrogen and oxygen atoms in total. The molecule has 2 aromatic rings. The second kappa shape index (κ2) is 4.72. The van der Waals surface area contributed by atoms with Crippen LogP contribution in [0.5, 0.6) is 0 Å². The van der Waals surface area contributed by atoms with Crippen LogP contribution in [0.3, 0.4) is 0 Å². The maximum absolute atomic E-state index is 11.9. The Morgan fingerprint density at radius 2 is 2.26 bits per heavy atom. The number of ether oxygens (including phenoxy) is 1. The van der Waals surface area contributed by atoms with Crippen LogP contribution in [0, 0.1) is 12.8 Å². The molecular formula is C16H19NO2. The summed E-state index contributed by atoms with van der Waals surface area (Å²) < 4.78 is 7.43. The molecule has 100 valence electrons. The smallest absolute Gasteiger partial charge is 0.310 e. The third kappa shape index (κ3) is 2.14. The van der Waals surface area contributed by atoms with Crippen molar-refractivity contribution in [1.82, 2.24) is 4.57 Å². The number of aromatic nitrogens is 1. The summed E-state index contributed by atoms with van der Waals surface area (Å²) in [4.78, 5) is 11.9. The van der Waals surface area contributed by atoms with E-state index in [4.69, 9.17) is 4.74 Å². The minimum absolute atomic E-state index is 0.00403. The van der Waals surface area contributed by atoms with Crippen molar-refractivity contribution in [3.05, 3.63) is 35.5 Å². The molecule has 1 aromatic carbocycles. The number of hydrogen-bond donors (Lipinski definition) is 0. The van der Waals surface area contributed by atoms with E-state index in [0.717, 1.165) is 19.4 Å². The van der Waals surface area contributed by atoms with Crippen molar-refractivity contribution in [2.75, 3.05) is 6.61 Å². The first-order valence-electron chi connectivity index (χ1n) is 6.94. The molecule has 3 heteroatoms. The molecule has 0 saturated heterocycles. The van der Waals surface area contributed by atoms with Gasteiger partial charge in [-0.25, -0.2) is 0 Å². The molecule has 0 spiro atoms. The predicted molar refractivity (Wildman–Crippen MR) is 75.1 cm³/mol. The zero-order valence-corrected chi connectivity index (χ0v) is 11.5. The van der Waals surface area contributed by atoms with E-state index in [1.807, 2.05) is 6.92 Å². The van der Waals surface area contributed by atoms with E-state index in [9.17, 15) is 4.79 Å². The van der Waals surface area contributed by atoms with Gasteiger partial charge in [-0.15, -0.1) is 0 Å². The Balaban J connectivity index is 1.95. The van der Waals surface area contributed by atoms with Gasteiger partial charge in [0, 0.05) is 23.1 Å². The van der Waals surface area contributed by atoms with Crippen molar-refractivity contribution in [3.8, 4) is 0 Å². The van der Waals surface area contributed by atoms with Crippen molar-refractivity contribution in [3.63, 3.8) is 0 Å². The second-order valence-corrected chi connectivity index (χ2v) is 5.30. The lowest BCUT2D eigenvalue weighted by Gasteiger charge is -2.23. The van der Waals surface area contributed by atoms with E-state index >= 15 is 0 Å². The highest BCUT2D eigenvalue weighted by molar-refractivity contribution is 5.83. The van der Waals surface area contributed by atoms with Gasteiger partial charge in [0.15, 0.2) is 0 Å². The first-order chi connectivity index (χ1) is 9.19. The number of esters is 1. The number of carbonyl (C=O) groups excluding carboxylic acids is 1. The minimum Gasteiger partial charge on any atom is -0.466 e. The standard InChI is InChI=1S/C16H19NO2/c1-3-19-16(18)12-5-6-14-9-13-8-11(2)4-7-15(13)17(14)10-12/h4,7-9,12H,3,5-6,10H2,1-2H3. The number of benzene rings is 1. The van der Waals surface area contributed by atoms with E-state index in [2.05, 4.69) is 35.8 Å². The summed E-state index contributed by atoms with van der Waals surface area (Å²) in [5, 5.41) is 1.28. The molecule has 1 atom stereocenters. The molecule has 1 aliphatic rings. The van der Waals surface area contributed by atoms with Crippen LogP contribution in [0.15, 0.2) is 24.3 Å². The first-order valence-corrected chi connectivity index (χ1v) is 6.94. The molecule has 0 bridgehead atoms. The van der Waals surface area contributed by atoms with Crippen LogP contribution in [0.2, 0.25) is 0 Å². The van der Waals surface area contributed by atoms with E-state index < -0.39 is 0 Å². The summed E-state index contributed by atoms with van der Waals surface area (Å²) in [5.74, 6) is -0.0496. The fourth-order valence-electron chi connectivity index (χ4n) is 2.96. The maximum atomic E-state index is 11.9. The Labute approximate surface area is 113 Å². The van der Waals surface area contributed by atoms with Gasteiger partial charge in [0.1, 0.15) is 0 Å². The normalized spacial score (nSPS) is 18.3. The Hall–Kier alpha value is -1.77. The lowest BCUT2D eigenvalue weighted by atomic mass is 9.98. The summed E-state index contributed by atoms with van der Waals surface area (Å²) >= 11 is 0. The molecule has 0 fully saturated rings. The molecule has 0 saturated carbocycles. The zero-order valence-electron chi connectivity index (χ0n) is 11.5. The highest BCUT2D eigenvalue weighted by Crippen LogP contribution is 2.29. The summed E-state index contributed by atoms with van der Waals surface area (Å²) in [6, 6.07) is 8.75. The Kier molecular flexibility index (Phi) is 3.05. The fraction of sp³-hybridized carbons (Fsp3) is 0.438. The number of fused-ring (bicyclic) bond motifs is 3. The quantitative estimate of drug-likeness (QED) is 0.774. The number of hydrogen-bond acceptors (Lipinski definition) is 2. The van der Waals surface area contributed by atoms with Crippen LogP contribution in [0.1, 0.15) is 24.6 Å². The molecule has 1 aliphatic heterocycles. The first kappa shape index (κ1) is 12.3. The second-order valence-electron chi connectivity index (χ2n) is 5.30. The highest BCUT2D eigenvalue weighted by Gasteiger charge is 2.26. The molecule has 19 heavy (non-hydrogen) atoms. The van der Waals surface area contributed by atoms with Crippen LogP contribution in [0.4, 0.5) is 0 Å². The molecule has 0 radical (unpaired) electrons. The molecule has 3 rings (SSSR count). The van der Waals surface area contributed by atoms with Crippen molar-refractivity contribution in [2.45, 2.75) is 33.2 Å². The maximum Gasteiger partial charge on any atom is 0.310 e. The Bertz CT molecular complexity index is 627. The van der Waals surface area contributed by atoms with E-state index in [0.29, 0.717) is 6.61 Å². The molecule has 1 aromatic heterocycles.